The van der Waals surface area contributed by atoms with Gasteiger partial charge >= 0.3 is 0 Å². The topological polar surface area (TPSA) is 35.6 Å². The molecule has 0 N–H and O–H groups in total. The Morgan fingerprint density at radius 3 is 1.54 bits per heavy atom. The van der Waals surface area contributed by atoms with Crippen molar-refractivity contribution in [3.63, 3.8) is 0 Å². The van der Waals surface area contributed by atoms with Gasteiger partial charge in [-0.2, -0.15) is 0 Å². The quantitative estimate of drug-likeness (QED) is 0.175. The van der Waals surface area contributed by atoms with Crippen molar-refractivity contribution >= 4 is 43.6 Å². The van der Waals surface area contributed by atoms with Crippen molar-refractivity contribution in [3.05, 3.63) is 205 Å². The molecule has 0 radical (unpaired) electrons. The van der Waals surface area contributed by atoms with E-state index in [1.807, 2.05) is 12.3 Å². The molecular formula is C55H38N4. The summed E-state index contributed by atoms with van der Waals surface area (Å²) in [5.41, 5.74) is 17.7. The highest BCUT2D eigenvalue weighted by molar-refractivity contribution is 6.12. The molecule has 0 bridgehead atoms. The lowest BCUT2D eigenvalue weighted by atomic mass is 9.81. The molecule has 0 saturated carbocycles. The molecule has 1 aliphatic carbocycles. The van der Waals surface area contributed by atoms with Crippen LogP contribution in [0, 0.1) is 0 Å². The first-order valence-corrected chi connectivity index (χ1v) is 20.3. The molecule has 12 rings (SSSR count). The maximum absolute atomic E-state index is 5.28. The van der Waals surface area contributed by atoms with Crippen LogP contribution in [0.5, 0.6) is 0 Å². The first-order chi connectivity index (χ1) is 29.0. The summed E-state index contributed by atoms with van der Waals surface area (Å²) in [6.07, 6.45) is 1.90. The minimum atomic E-state index is -0.157. The van der Waals surface area contributed by atoms with Crippen molar-refractivity contribution < 1.29 is 0 Å². The maximum atomic E-state index is 5.28. The van der Waals surface area contributed by atoms with Gasteiger partial charge in [0.05, 0.1) is 27.8 Å². The highest BCUT2D eigenvalue weighted by atomic mass is 15.2. The summed E-state index contributed by atoms with van der Waals surface area (Å²) in [6.45, 7) is 4.68. The number of fused-ring (bicyclic) bond motifs is 9. The van der Waals surface area contributed by atoms with Crippen LogP contribution < -0.4 is 0 Å². The Balaban J connectivity index is 0.943. The molecule has 4 nitrogen and oxygen atoms in total. The van der Waals surface area contributed by atoms with Crippen molar-refractivity contribution in [2.24, 2.45) is 0 Å². The predicted octanol–water partition coefficient (Wildman–Crippen LogP) is 14.0. The van der Waals surface area contributed by atoms with E-state index in [0.29, 0.717) is 5.95 Å². The largest absolute Gasteiger partial charge is 0.309 e. The molecule has 11 aromatic rings. The number of hydrogen-bond donors (Lipinski definition) is 0. The van der Waals surface area contributed by atoms with Crippen LogP contribution in [0.25, 0.3) is 99.9 Å². The van der Waals surface area contributed by atoms with Gasteiger partial charge in [-0.15, -0.1) is 0 Å². The van der Waals surface area contributed by atoms with Gasteiger partial charge in [-0.05, 0) is 111 Å². The van der Waals surface area contributed by atoms with E-state index >= 15 is 0 Å². The molecular weight excluding hydrogens is 717 g/mol. The van der Waals surface area contributed by atoms with Crippen LogP contribution >= 0.6 is 0 Å². The molecule has 0 aliphatic heterocycles. The Bertz CT molecular complexity index is 3460. The average Bonchev–Trinajstić information content (AvgIpc) is 3.89. The van der Waals surface area contributed by atoms with Gasteiger partial charge in [-0.3, -0.25) is 4.57 Å². The Kier molecular flexibility index (Phi) is 7.24. The molecule has 0 unspecified atom stereocenters. The number of para-hydroxylation sites is 3. The fourth-order valence-electron chi connectivity index (χ4n) is 9.70. The molecule has 3 aromatic heterocycles. The van der Waals surface area contributed by atoms with Gasteiger partial charge in [0.2, 0.25) is 5.95 Å². The first kappa shape index (κ1) is 33.6. The van der Waals surface area contributed by atoms with Crippen LogP contribution in [-0.4, -0.2) is 19.1 Å². The van der Waals surface area contributed by atoms with Gasteiger partial charge in [0.15, 0.2) is 0 Å². The molecule has 59 heavy (non-hydrogen) atoms. The Hall–Kier alpha value is -7.56. The van der Waals surface area contributed by atoms with E-state index in [4.69, 9.17) is 9.97 Å². The summed E-state index contributed by atoms with van der Waals surface area (Å²) >= 11 is 0. The van der Waals surface area contributed by atoms with Crippen LogP contribution in [0.4, 0.5) is 0 Å². The highest BCUT2D eigenvalue weighted by Gasteiger charge is 2.36. The Morgan fingerprint density at radius 2 is 0.881 bits per heavy atom. The van der Waals surface area contributed by atoms with Gasteiger partial charge in [-0.1, -0.05) is 135 Å². The smallest absolute Gasteiger partial charge is 0.235 e. The average molecular weight is 755 g/mol. The van der Waals surface area contributed by atoms with E-state index < -0.39 is 0 Å². The van der Waals surface area contributed by atoms with E-state index in [0.717, 1.165) is 28.0 Å². The first-order valence-electron chi connectivity index (χ1n) is 20.3. The maximum Gasteiger partial charge on any atom is 0.235 e. The second-order valence-corrected chi connectivity index (χ2v) is 16.3. The van der Waals surface area contributed by atoms with E-state index in [9.17, 15) is 0 Å². The van der Waals surface area contributed by atoms with Crippen LogP contribution in [0.3, 0.4) is 0 Å². The molecule has 3 heterocycles. The van der Waals surface area contributed by atoms with Gasteiger partial charge in [-0.25, -0.2) is 9.97 Å². The summed E-state index contributed by atoms with van der Waals surface area (Å²) in [7, 11) is 0. The van der Waals surface area contributed by atoms with Crippen LogP contribution in [0.15, 0.2) is 194 Å². The predicted molar refractivity (Wildman–Crippen MR) is 245 cm³/mol. The van der Waals surface area contributed by atoms with E-state index in [2.05, 4.69) is 205 Å². The van der Waals surface area contributed by atoms with Crippen molar-refractivity contribution in [2.45, 2.75) is 19.3 Å². The minimum Gasteiger partial charge on any atom is -0.309 e. The van der Waals surface area contributed by atoms with Crippen LogP contribution in [0.2, 0.25) is 0 Å². The van der Waals surface area contributed by atoms with Gasteiger partial charge in [0.1, 0.15) is 0 Å². The second kappa shape index (κ2) is 12.7. The molecule has 4 heteroatoms. The Labute approximate surface area is 342 Å². The Morgan fingerprint density at radius 1 is 0.390 bits per heavy atom. The molecule has 0 amide bonds. The third-order valence-electron chi connectivity index (χ3n) is 12.6. The van der Waals surface area contributed by atoms with Gasteiger partial charge in [0, 0.05) is 44.4 Å². The summed E-state index contributed by atoms with van der Waals surface area (Å²) in [5, 5.41) is 4.83. The third kappa shape index (κ3) is 5.09. The van der Waals surface area contributed by atoms with Crippen molar-refractivity contribution in [1.82, 2.24) is 19.1 Å². The zero-order valence-electron chi connectivity index (χ0n) is 32.8. The van der Waals surface area contributed by atoms with Crippen molar-refractivity contribution in [1.29, 1.82) is 0 Å². The van der Waals surface area contributed by atoms with E-state index in [1.54, 1.807) is 0 Å². The summed E-state index contributed by atoms with van der Waals surface area (Å²) in [6, 6.07) is 68.1. The van der Waals surface area contributed by atoms with Crippen LogP contribution in [0.1, 0.15) is 25.0 Å². The van der Waals surface area contributed by atoms with E-state index in [-0.39, 0.29) is 5.41 Å². The second-order valence-electron chi connectivity index (χ2n) is 16.3. The molecule has 1 aliphatic rings. The molecule has 0 fully saturated rings. The lowest BCUT2D eigenvalue weighted by Gasteiger charge is -2.22. The fourth-order valence-corrected chi connectivity index (χ4v) is 9.70. The highest BCUT2D eigenvalue weighted by Crippen LogP contribution is 2.50. The number of nitrogens with zero attached hydrogens (tertiary/aromatic N) is 4. The molecule has 0 atom stereocenters. The lowest BCUT2D eigenvalue weighted by Crippen LogP contribution is -2.15. The van der Waals surface area contributed by atoms with Gasteiger partial charge < -0.3 is 4.57 Å². The molecule has 0 spiro atoms. The van der Waals surface area contributed by atoms with Gasteiger partial charge in [0.25, 0.3) is 0 Å². The number of rotatable bonds is 5. The van der Waals surface area contributed by atoms with Crippen molar-refractivity contribution in [2.75, 3.05) is 0 Å². The lowest BCUT2D eigenvalue weighted by molar-refractivity contribution is 0.661. The fraction of sp³-hybridized carbons (Fsp3) is 0.0545. The number of hydrogen-bond acceptors (Lipinski definition) is 2. The SMILES string of the molecule is CC1(C)c2cc(-c3ccccc3)ccc2-c2ccc(-c3ccnc(-n4c5ccccc5c5cc(-c6ccc7c(c6)c6ccccc6n7-c6ccccc6)ccc54)n3)cc21. The van der Waals surface area contributed by atoms with Crippen LogP contribution in [-0.2, 0) is 5.41 Å². The molecule has 0 saturated heterocycles. The molecule has 8 aromatic carbocycles. The molecule has 278 valence electrons. The number of aromatic nitrogens is 4. The third-order valence-corrected chi connectivity index (χ3v) is 12.6. The monoisotopic (exact) mass is 754 g/mol. The van der Waals surface area contributed by atoms with Crippen molar-refractivity contribution in [3.8, 4) is 56.3 Å². The zero-order chi connectivity index (χ0) is 39.2. The summed E-state index contributed by atoms with van der Waals surface area (Å²) < 4.78 is 4.58. The normalized spacial score (nSPS) is 13.1. The number of benzene rings is 8. The summed E-state index contributed by atoms with van der Waals surface area (Å²) in [4.78, 5) is 10.2. The standard InChI is InChI=1S/C55H38N4/c1-55(2)47-33-38(35-13-5-3-6-14-35)21-25-41(47)42-26-22-39(34-48(42)55)49-29-30-56-54(57-49)59-51-20-12-10-18-44(51)46-32-37(24-28-53(46)59)36-23-27-52-45(31-36)43-17-9-11-19-50(43)58(52)40-15-7-4-8-16-40/h3-34H,1-2H3. The summed E-state index contributed by atoms with van der Waals surface area (Å²) in [5.74, 6) is 0.659. The minimum absolute atomic E-state index is 0.157. The van der Waals surface area contributed by atoms with E-state index in [1.165, 1.54) is 77.1 Å². The zero-order valence-corrected chi connectivity index (χ0v) is 32.8.